The highest BCUT2D eigenvalue weighted by Gasteiger charge is 2.26. The van der Waals surface area contributed by atoms with Gasteiger partial charge in [0.05, 0.1) is 5.56 Å². The Bertz CT molecular complexity index is 722. The number of nitrogens with two attached hydrogens (primary N) is 1. The first kappa shape index (κ1) is 14.5. The first-order chi connectivity index (χ1) is 10.1. The lowest BCUT2D eigenvalue weighted by atomic mass is 10.1. The SMILES string of the molecule is NC(=O)c1c(NC(=O)c2ccc(I)cc2)sc2c1CCC2. The molecular weight excluding hydrogens is 399 g/mol. The number of benzene rings is 1. The van der Waals surface area contributed by atoms with Gasteiger partial charge in [-0.25, -0.2) is 0 Å². The summed E-state index contributed by atoms with van der Waals surface area (Å²) in [5.41, 5.74) is 7.56. The first-order valence-corrected chi connectivity index (χ1v) is 8.47. The normalized spacial score (nSPS) is 13.0. The van der Waals surface area contributed by atoms with Gasteiger partial charge in [0.2, 0.25) is 0 Å². The summed E-state index contributed by atoms with van der Waals surface area (Å²) in [7, 11) is 0. The van der Waals surface area contributed by atoms with Gasteiger partial charge in [-0.2, -0.15) is 0 Å². The van der Waals surface area contributed by atoms with Crippen LogP contribution in [0.5, 0.6) is 0 Å². The fourth-order valence-corrected chi connectivity index (χ4v) is 4.18. The number of primary amides is 1. The summed E-state index contributed by atoms with van der Waals surface area (Å²) in [5, 5.41) is 3.41. The van der Waals surface area contributed by atoms with Crippen LogP contribution in [-0.2, 0) is 12.8 Å². The summed E-state index contributed by atoms with van der Waals surface area (Å²) < 4.78 is 1.07. The van der Waals surface area contributed by atoms with E-state index in [1.54, 1.807) is 12.1 Å². The number of rotatable bonds is 3. The van der Waals surface area contributed by atoms with Crippen LogP contribution >= 0.6 is 33.9 Å². The van der Waals surface area contributed by atoms with Crippen LogP contribution in [-0.4, -0.2) is 11.8 Å². The van der Waals surface area contributed by atoms with Gasteiger partial charge in [0, 0.05) is 14.0 Å². The Morgan fingerprint density at radius 2 is 1.90 bits per heavy atom. The molecule has 2 aromatic rings. The van der Waals surface area contributed by atoms with Crippen molar-refractivity contribution in [1.82, 2.24) is 0 Å². The van der Waals surface area contributed by atoms with Gasteiger partial charge in [-0.05, 0) is 71.7 Å². The van der Waals surface area contributed by atoms with E-state index in [1.807, 2.05) is 12.1 Å². The number of hydrogen-bond acceptors (Lipinski definition) is 3. The Labute approximate surface area is 139 Å². The number of thiophene rings is 1. The molecule has 3 rings (SSSR count). The smallest absolute Gasteiger partial charge is 0.256 e. The number of hydrogen-bond donors (Lipinski definition) is 2. The van der Waals surface area contributed by atoms with Crippen molar-refractivity contribution < 1.29 is 9.59 Å². The van der Waals surface area contributed by atoms with E-state index in [0.29, 0.717) is 16.1 Å². The molecule has 0 atom stereocenters. The van der Waals surface area contributed by atoms with Gasteiger partial charge < -0.3 is 11.1 Å². The maximum Gasteiger partial charge on any atom is 0.256 e. The molecule has 0 spiro atoms. The Morgan fingerprint density at radius 3 is 2.57 bits per heavy atom. The van der Waals surface area contributed by atoms with Crippen molar-refractivity contribution >= 4 is 50.7 Å². The number of carbonyl (C=O) groups excluding carboxylic acids is 2. The molecule has 3 N–H and O–H groups in total. The summed E-state index contributed by atoms with van der Waals surface area (Å²) in [6, 6.07) is 7.28. The van der Waals surface area contributed by atoms with Crippen molar-refractivity contribution in [3.8, 4) is 0 Å². The molecule has 0 saturated carbocycles. The fourth-order valence-electron chi connectivity index (χ4n) is 2.53. The van der Waals surface area contributed by atoms with Crippen molar-refractivity contribution in [3.63, 3.8) is 0 Å². The van der Waals surface area contributed by atoms with Gasteiger partial charge >= 0.3 is 0 Å². The predicted molar refractivity (Wildman–Crippen MR) is 92.0 cm³/mol. The second-order valence-corrected chi connectivity index (χ2v) is 7.24. The van der Waals surface area contributed by atoms with Gasteiger partial charge in [-0.1, -0.05) is 0 Å². The topological polar surface area (TPSA) is 72.2 Å². The summed E-state index contributed by atoms with van der Waals surface area (Å²) in [6.07, 6.45) is 2.87. The van der Waals surface area contributed by atoms with Gasteiger partial charge in [0.25, 0.3) is 11.8 Å². The van der Waals surface area contributed by atoms with Crippen molar-refractivity contribution in [3.05, 3.63) is 49.4 Å². The van der Waals surface area contributed by atoms with Crippen LogP contribution in [0.25, 0.3) is 0 Å². The quantitative estimate of drug-likeness (QED) is 0.761. The third kappa shape index (κ3) is 2.82. The molecule has 1 heterocycles. The summed E-state index contributed by atoms with van der Waals surface area (Å²) in [5.74, 6) is -0.680. The van der Waals surface area contributed by atoms with E-state index in [4.69, 9.17) is 5.73 Å². The highest BCUT2D eigenvalue weighted by Crippen LogP contribution is 2.38. The summed E-state index contributed by atoms with van der Waals surface area (Å²) >= 11 is 3.66. The maximum atomic E-state index is 12.3. The van der Waals surface area contributed by atoms with Crippen molar-refractivity contribution in [2.75, 3.05) is 5.32 Å². The molecule has 0 unspecified atom stereocenters. The average Bonchev–Trinajstić information content (AvgIpc) is 2.98. The number of halogens is 1. The monoisotopic (exact) mass is 412 g/mol. The average molecular weight is 412 g/mol. The Balaban J connectivity index is 1.90. The minimum absolute atomic E-state index is 0.214. The molecule has 0 bridgehead atoms. The standard InChI is InChI=1S/C15H13IN2O2S/c16-9-6-4-8(5-7-9)14(20)18-15-12(13(17)19)10-2-1-3-11(10)21-15/h4-7H,1-3H2,(H2,17,19)(H,18,20). The zero-order valence-electron chi connectivity index (χ0n) is 11.1. The van der Waals surface area contributed by atoms with E-state index in [1.165, 1.54) is 16.2 Å². The zero-order chi connectivity index (χ0) is 15.0. The molecule has 2 amide bonds. The minimum atomic E-state index is -0.465. The summed E-state index contributed by atoms with van der Waals surface area (Å²) in [4.78, 5) is 25.1. The molecule has 108 valence electrons. The molecule has 1 aromatic carbocycles. The number of amides is 2. The van der Waals surface area contributed by atoms with Crippen molar-refractivity contribution in [1.29, 1.82) is 0 Å². The van der Waals surface area contributed by atoms with Gasteiger partial charge in [0.15, 0.2) is 0 Å². The molecule has 4 nitrogen and oxygen atoms in total. The first-order valence-electron chi connectivity index (χ1n) is 6.57. The maximum absolute atomic E-state index is 12.3. The number of carbonyl (C=O) groups is 2. The van der Waals surface area contributed by atoms with Crippen LogP contribution in [0.4, 0.5) is 5.00 Å². The lowest BCUT2D eigenvalue weighted by Gasteiger charge is -2.06. The molecule has 1 aromatic heterocycles. The van der Waals surface area contributed by atoms with Crippen LogP contribution < -0.4 is 11.1 Å². The number of aryl methyl sites for hydroxylation is 1. The molecule has 21 heavy (non-hydrogen) atoms. The van der Waals surface area contributed by atoms with E-state index in [9.17, 15) is 9.59 Å². The number of anilines is 1. The third-order valence-corrected chi connectivity index (χ3v) is 5.43. The second kappa shape index (κ2) is 5.76. The molecular formula is C15H13IN2O2S. The predicted octanol–water partition coefficient (Wildman–Crippen LogP) is 3.19. The second-order valence-electron chi connectivity index (χ2n) is 4.89. The van der Waals surface area contributed by atoms with Crippen molar-refractivity contribution in [2.24, 2.45) is 5.73 Å². The lowest BCUT2D eigenvalue weighted by Crippen LogP contribution is -2.17. The summed E-state index contributed by atoms with van der Waals surface area (Å²) in [6.45, 7) is 0. The van der Waals surface area contributed by atoms with Crippen LogP contribution in [0.1, 0.15) is 37.6 Å². The molecule has 6 heteroatoms. The van der Waals surface area contributed by atoms with E-state index in [0.717, 1.165) is 28.4 Å². The van der Waals surface area contributed by atoms with E-state index < -0.39 is 5.91 Å². The number of fused-ring (bicyclic) bond motifs is 1. The van der Waals surface area contributed by atoms with Crippen LogP contribution in [0.15, 0.2) is 24.3 Å². The van der Waals surface area contributed by atoms with Gasteiger partial charge in [0.1, 0.15) is 5.00 Å². The minimum Gasteiger partial charge on any atom is -0.365 e. The van der Waals surface area contributed by atoms with Gasteiger partial charge in [-0.15, -0.1) is 11.3 Å². The van der Waals surface area contributed by atoms with Gasteiger partial charge in [-0.3, -0.25) is 9.59 Å². The van der Waals surface area contributed by atoms with Crippen molar-refractivity contribution in [2.45, 2.75) is 19.3 Å². The Hall–Kier alpha value is -1.41. The highest BCUT2D eigenvalue weighted by molar-refractivity contribution is 14.1. The largest absolute Gasteiger partial charge is 0.365 e. The van der Waals surface area contributed by atoms with E-state index in [-0.39, 0.29) is 5.91 Å². The highest BCUT2D eigenvalue weighted by atomic mass is 127. The fraction of sp³-hybridized carbons (Fsp3) is 0.200. The van der Waals surface area contributed by atoms with Crippen LogP contribution in [0, 0.1) is 3.57 Å². The molecule has 0 saturated heterocycles. The number of nitrogens with one attached hydrogen (secondary N) is 1. The zero-order valence-corrected chi connectivity index (χ0v) is 14.1. The van der Waals surface area contributed by atoms with E-state index in [2.05, 4.69) is 27.9 Å². The third-order valence-electron chi connectivity index (χ3n) is 3.50. The molecule has 0 aliphatic heterocycles. The molecule has 1 aliphatic carbocycles. The van der Waals surface area contributed by atoms with E-state index >= 15 is 0 Å². The molecule has 1 aliphatic rings. The van der Waals surface area contributed by atoms with Crippen LogP contribution in [0.3, 0.4) is 0 Å². The molecule has 0 radical (unpaired) electrons. The lowest BCUT2D eigenvalue weighted by molar-refractivity contribution is 0.100. The Morgan fingerprint density at radius 1 is 1.19 bits per heavy atom. The molecule has 0 fully saturated rings. The Kier molecular flexibility index (Phi) is 3.99. The van der Waals surface area contributed by atoms with Crippen LogP contribution in [0.2, 0.25) is 0 Å².